The Balaban J connectivity index is 0.000000318. The van der Waals surface area contributed by atoms with Crippen LogP contribution in [0, 0.1) is 12.3 Å². The fourth-order valence-corrected chi connectivity index (χ4v) is 2.29. The van der Waals surface area contributed by atoms with E-state index in [9.17, 15) is 0 Å². The Kier molecular flexibility index (Phi) is 9.79. The Morgan fingerprint density at radius 2 is 1.50 bits per heavy atom. The molecule has 1 atom stereocenters. The van der Waals surface area contributed by atoms with Crippen molar-refractivity contribution < 1.29 is 17.1 Å². The van der Waals surface area contributed by atoms with Gasteiger partial charge in [-0.3, -0.25) is 0 Å². The van der Waals surface area contributed by atoms with Gasteiger partial charge in [-0.15, -0.1) is 0 Å². The molecule has 2 fully saturated rings. The molecule has 2 aliphatic rings. The maximum Gasteiger partial charge on any atom is 0.0126 e. The van der Waals surface area contributed by atoms with Crippen molar-refractivity contribution in [3.63, 3.8) is 0 Å². The molecule has 2 radical (unpaired) electrons. The molecule has 0 N–H and O–H groups in total. The van der Waals surface area contributed by atoms with Gasteiger partial charge in [0.15, 0.2) is 0 Å². The largest absolute Gasteiger partial charge is 0.306 e. The number of hydrogen-bond donors (Lipinski definition) is 0. The second-order valence-electron chi connectivity index (χ2n) is 5.08. The molecule has 2 rings (SSSR count). The quantitative estimate of drug-likeness (QED) is 0.685. The first-order valence-corrected chi connectivity index (χ1v) is 6.57. The van der Waals surface area contributed by atoms with Crippen molar-refractivity contribution in [2.75, 3.05) is 14.1 Å². The van der Waals surface area contributed by atoms with Crippen molar-refractivity contribution in [1.29, 1.82) is 0 Å². The summed E-state index contributed by atoms with van der Waals surface area (Å²) in [5.74, 6) is 1.63. The first-order chi connectivity index (χ1) is 7.22. The molecule has 0 heterocycles. The van der Waals surface area contributed by atoms with Gasteiger partial charge >= 0.3 is 0 Å². The molecule has 0 spiro atoms. The van der Waals surface area contributed by atoms with E-state index in [1.54, 1.807) is 5.92 Å². The van der Waals surface area contributed by atoms with Crippen molar-refractivity contribution in [2.45, 2.75) is 64.3 Å². The molecule has 0 aromatic heterocycles. The van der Waals surface area contributed by atoms with Crippen LogP contribution in [0.3, 0.4) is 0 Å². The summed E-state index contributed by atoms with van der Waals surface area (Å²) in [5, 5.41) is 0. The normalized spacial score (nSPS) is 22.5. The Bertz CT molecular complexity index is 141. The minimum atomic E-state index is 0. The van der Waals surface area contributed by atoms with E-state index in [1.165, 1.54) is 51.4 Å². The van der Waals surface area contributed by atoms with Gasteiger partial charge in [0, 0.05) is 23.1 Å². The predicted octanol–water partition coefficient (Wildman–Crippen LogP) is 3.85. The van der Waals surface area contributed by atoms with Crippen LogP contribution in [0.2, 0.25) is 0 Å². The van der Waals surface area contributed by atoms with Crippen LogP contribution in [0.4, 0.5) is 0 Å². The van der Waals surface area contributed by atoms with Gasteiger partial charge in [-0.05, 0) is 46.2 Å². The number of hydrogen-bond acceptors (Lipinski definition) is 1. The summed E-state index contributed by atoms with van der Waals surface area (Å²) in [5.41, 5.74) is 0. The van der Waals surface area contributed by atoms with Crippen LogP contribution in [-0.4, -0.2) is 25.0 Å². The van der Waals surface area contributed by atoms with Crippen LogP contribution >= 0.6 is 0 Å². The summed E-state index contributed by atoms with van der Waals surface area (Å²) in [4.78, 5) is 2.27. The second kappa shape index (κ2) is 9.50. The molecular formula is C14H27FeN. The summed E-state index contributed by atoms with van der Waals surface area (Å²) >= 11 is 0. The summed E-state index contributed by atoms with van der Waals surface area (Å²) in [7, 11) is 4.29. The Labute approximate surface area is 113 Å². The average molecular weight is 265 g/mol. The predicted molar refractivity (Wildman–Crippen MR) is 67.6 cm³/mol. The third-order valence-corrected chi connectivity index (χ3v) is 3.64. The second-order valence-corrected chi connectivity index (χ2v) is 5.08. The van der Waals surface area contributed by atoms with Gasteiger partial charge in [0.05, 0.1) is 0 Å². The van der Waals surface area contributed by atoms with Gasteiger partial charge in [-0.1, -0.05) is 38.5 Å². The first-order valence-electron chi connectivity index (χ1n) is 6.57. The maximum absolute atomic E-state index is 2.39. The smallest absolute Gasteiger partial charge is 0.0126 e. The van der Waals surface area contributed by atoms with E-state index in [4.69, 9.17) is 0 Å². The van der Waals surface area contributed by atoms with Gasteiger partial charge in [-0.25, -0.2) is 0 Å². The molecular weight excluding hydrogens is 238 g/mol. The third-order valence-electron chi connectivity index (χ3n) is 3.64. The van der Waals surface area contributed by atoms with Gasteiger partial charge < -0.3 is 4.90 Å². The van der Waals surface area contributed by atoms with E-state index in [2.05, 4.69) is 32.3 Å². The van der Waals surface area contributed by atoms with Gasteiger partial charge in [-0.2, -0.15) is 0 Å². The summed E-state index contributed by atoms with van der Waals surface area (Å²) in [6.45, 7) is 2.27. The molecule has 0 aromatic carbocycles. The zero-order chi connectivity index (χ0) is 11.1. The van der Waals surface area contributed by atoms with Crippen molar-refractivity contribution in [2.24, 2.45) is 0 Å². The van der Waals surface area contributed by atoms with Crippen LogP contribution in [0.15, 0.2) is 0 Å². The van der Waals surface area contributed by atoms with Crippen LogP contribution < -0.4 is 0 Å². The maximum atomic E-state index is 2.39. The average Bonchev–Trinajstić information content (AvgIpc) is 2.92. The van der Waals surface area contributed by atoms with Crippen LogP contribution in [0.5, 0.6) is 0 Å². The molecule has 0 aliphatic heterocycles. The third kappa shape index (κ3) is 6.27. The van der Waals surface area contributed by atoms with Crippen LogP contribution in [-0.2, 0) is 17.1 Å². The zero-order valence-corrected chi connectivity index (χ0v) is 12.2. The van der Waals surface area contributed by atoms with E-state index < -0.39 is 0 Å². The SMILES string of the molecule is C1CCCC1.C[C@H]([C]1[CH]CCC1)N(C)C.[Fe]. The van der Waals surface area contributed by atoms with E-state index in [0.29, 0.717) is 6.04 Å². The molecule has 0 unspecified atom stereocenters. The van der Waals surface area contributed by atoms with E-state index >= 15 is 0 Å². The van der Waals surface area contributed by atoms with E-state index in [1.807, 2.05) is 0 Å². The Morgan fingerprint density at radius 1 is 1.00 bits per heavy atom. The van der Waals surface area contributed by atoms with Gasteiger partial charge in [0.2, 0.25) is 0 Å². The molecule has 2 heteroatoms. The molecule has 0 bridgehead atoms. The molecule has 1 nitrogen and oxygen atoms in total. The Hall–Kier alpha value is 0.479. The van der Waals surface area contributed by atoms with Crippen molar-refractivity contribution in [3.05, 3.63) is 12.3 Å². The molecule has 16 heavy (non-hydrogen) atoms. The van der Waals surface area contributed by atoms with Crippen molar-refractivity contribution >= 4 is 0 Å². The molecule has 2 saturated carbocycles. The van der Waals surface area contributed by atoms with Crippen molar-refractivity contribution in [3.8, 4) is 0 Å². The fourth-order valence-electron chi connectivity index (χ4n) is 2.29. The molecule has 0 amide bonds. The fraction of sp³-hybridized carbons (Fsp3) is 0.857. The summed E-state index contributed by atoms with van der Waals surface area (Å²) in [6, 6.07) is 0.655. The Morgan fingerprint density at radius 3 is 1.81 bits per heavy atom. The standard InChI is InChI=1S/C9H17N.C5H10.Fe/c1-8(10(2)3)9-6-4-5-7-9;1-2-4-5-3-1;/h6,8H,4-5,7H2,1-3H3;1-5H2;/t8-;;/m1../s1. The first kappa shape index (κ1) is 16.5. The van der Waals surface area contributed by atoms with Gasteiger partial charge in [0.1, 0.15) is 0 Å². The number of rotatable bonds is 2. The minimum Gasteiger partial charge on any atom is -0.306 e. The zero-order valence-electron chi connectivity index (χ0n) is 11.1. The topological polar surface area (TPSA) is 3.24 Å². The van der Waals surface area contributed by atoms with Gasteiger partial charge in [0.25, 0.3) is 0 Å². The number of nitrogens with zero attached hydrogens (tertiary/aromatic N) is 1. The van der Waals surface area contributed by atoms with Crippen molar-refractivity contribution in [1.82, 2.24) is 4.90 Å². The summed E-state index contributed by atoms with van der Waals surface area (Å²) in [6.07, 6.45) is 13.9. The molecule has 0 aromatic rings. The van der Waals surface area contributed by atoms with E-state index in [-0.39, 0.29) is 17.1 Å². The summed E-state index contributed by atoms with van der Waals surface area (Å²) < 4.78 is 0. The monoisotopic (exact) mass is 265 g/mol. The van der Waals surface area contributed by atoms with Crippen LogP contribution in [0.25, 0.3) is 0 Å². The van der Waals surface area contributed by atoms with Crippen LogP contribution in [0.1, 0.15) is 58.3 Å². The molecule has 0 saturated heterocycles. The van der Waals surface area contributed by atoms with E-state index in [0.717, 1.165) is 0 Å². The molecule has 96 valence electrons. The minimum absolute atomic E-state index is 0. The molecule has 2 aliphatic carbocycles.